The van der Waals surface area contributed by atoms with Gasteiger partial charge in [0, 0.05) is 0 Å². The summed E-state index contributed by atoms with van der Waals surface area (Å²) in [6.45, 7) is 0.487. The van der Waals surface area contributed by atoms with Crippen molar-refractivity contribution in [2.75, 3.05) is 0 Å². The molecular weight excluding hydrogens is 303 g/mol. The molecule has 0 aliphatic carbocycles. The molecule has 21 heavy (non-hydrogen) atoms. The first-order chi connectivity index (χ1) is 10.1. The smallest absolute Gasteiger partial charge is 0.221 e. The molecule has 0 amide bonds. The van der Waals surface area contributed by atoms with Gasteiger partial charge < -0.3 is 13.9 Å². The molecule has 0 aliphatic rings. The van der Waals surface area contributed by atoms with E-state index >= 15 is 0 Å². The summed E-state index contributed by atoms with van der Waals surface area (Å²) in [6.07, 6.45) is 1.68. The van der Waals surface area contributed by atoms with Gasteiger partial charge in [-0.05, 0) is 54.0 Å². The van der Waals surface area contributed by atoms with Crippen LogP contribution in [0.3, 0.4) is 0 Å². The molecule has 0 N–H and O–H groups in total. The Hall–Kier alpha value is -1.35. The molecule has 0 heterocycles. The van der Waals surface area contributed by atoms with E-state index < -0.39 is 6.72 Å². The van der Waals surface area contributed by atoms with Gasteiger partial charge >= 0.3 is 0 Å². The van der Waals surface area contributed by atoms with Gasteiger partial charge in [0.2, 0.25) is 6.72 Å². The van der Waals surface area contributed by atoms with Gasteiger partial charge in [0.05, 0.1) is 0 Å². The van der Waals surface area contributed by atoms with Crippen molar-refractivity contribution in [1.82, 2.24) is 0 Å². The van der Waals surface area contributed by atoms with Gasteiger partial charge in [-0.3, -0.25) is 0 Å². The van der Waals surface area contributed by atoms with E-state index in [4.69, 9.17) is 20.9 Å². The summed E-state index contributed by atoms with van der Waals surface area (Å²) >= 11 is 5.01. The lowest BCUT2D eigenvalue weighted by Crippen LogP contribution is -2.13. The third-order valence-corrected chi connectivity index (χ3v) is 4.44. The Morgan fingerprint density at radius 2 is 1.67 bits per heavy atom. The Morgan fingerprint density at radius 3 is 2.29 bits per heavy atom. The van der Waals surface area contributed by atoms with Crippen LogP contribution < -0.4 is 13.9 Å². The second-order valence-electron chi connectivity index (χ2n) is 4.54. The zero-order valence-corrected chi connectivity index (χ0v) is 13.8. The average Bonchev–Trinajstić information content (AvgIpc) is 2.47. The van der Waals surface area contributed by atoms with Crippen LogP contribution in [0.1, 0.15) is 25.0 Å². The van der Waals surface area contributed by atoms with Crippen LogP contribution in [-0.4, -0.2) is 0 Å². The fourth-order valence-electron chi connectivity index (χ4n) is 2.18. The van der Waals surface area contributed by atoms with E-state index in [9.17, 15) is 4.89 Å². The quantitative estimate of drug-likeness (QED) is 0.758. The Labute approximate surface area is 130 Å². The number of benzene rings is 2. The molecule has 2 rings (SSSR count). The molecule has 5 heteroatoms. The molecule has 112 valence electrons. The maximum Gasteiger partial charge on any atom is 0.221 e. The van der Waals surface area contributed by atoms with Crippen molar-refractivity contribution in [2.45, 2.75) is 26.7 Å². The number of para-hydroxylation sites is 1. The third kappa shape index (κ3) is 4.31. The molecule has 0 spiro atoms. The van der Waals surface area contributed by atoms with Gasteiger partial charge in [-0.1, -0.05) is 44.2 Å². The van der Waals surface area contributed by atoms with Crippen LogP contribution in [0.2, 0.25) is 0 Å². The zero-order chi connectivity index (χ0) is 15.3. The normalized spacial score (nSPS) is 13.5. The summed E-state index contributed by atoms with van der Waals surface area (Å²) < 4.78 is 10.8. The highest BCUT2D eigenvalue weighted by atomic mass is 32.5. The van der Waals surface area contributed by atoms with Gasteiger partial charge in [-0.25, -0.2) is 0 Å². The topological polar surface area (TPSA) is 41.5 Å². The third-order valence-electron chi connectivity index (χ3n) is 3.14. The van der Waals surface area contributed by atoms with Gasteiger partial charge in [0.25, 0.3) is 0 Å². The van der Waals surface area contributed by atoms with Crippen LogP contribution in [-0.2, 0) is 24.6 Å². The summed E-state index contributed by atoms with van der Waals surface area (Å²) in [7, 11) is 0. The maximum absolute atomic E-state index is 12.4. The molecule has 0 bridgehead atoms. The maximum atomic E-state index is 12.4. The number of hydrogen-bond donors (Lipinski definition) is 0. The van der Waals surface area contributed by atoms with Crippen molar-refractivity contribution >= 4 is 18.5 Å². The predicted molar refractivity (Wildman–Crippen MR) is 87.2 cm³/mol. The molecule has 1 unspecified atom stereocenters. The molecule has 0 radical (unpaired) electrons. The van der Waals surface area contributed by atoms with Gasteiger partial charge in [-0.2, -0.15) is 0 Å². The summed E-state index contributed by atoms with van der Waals surface area (Å²) in [6, 6.07) is 14.5. The highest BCUT2D eigenvalue weighted by molar-refractivity contribution is 8.06. The van der Waals surface area contributed by atoms with Crippen LogP contribution in [0.25, 0.3) is 0 Å². The summed E-state index contributed by atoms with van der Waals surface area (Å²) in [4.78, 5) is 12.4. The van der Waals surface area contributed by atoms with Crippen LogP contribution in [0.15, 0.2) is 48.5 Å². The largest absolute Gasteiger partial charge is 0.760 e. The highest BCUT2D eigenvalue weighted by Gasteiger charge is 2.13. The van der Waals surface area contributed by atoms with E-state index in [1.54, 1.807) is 30.3 Å². The number of hydrogen-bond acceptors (Lipinski definition) is 4. The molecule has 0 saturated carbocycles. The molecule has 1 atom stereocenters. The standard InChI is InChI=1S/C16H19O3PS/c1-3-13-9-8-12-16(15(13)4-2)19-20(17,21)18-14-10-6-5-7-11-14/h5-12H,3-4H2,1-2H3,(H,17,21)/p-1. The fraction of sp³-hybridized carbons (Fsp3) is 0.250. The summed E-state index contributed by atoms with van der Waals surface area (Å²) in [5.74, 6) is 0.992. The predicted octanol–water partition coefficient (Wildman–Crippen LogP) is 3.85. The van der Waals surface area contributed by atoms with Crippen molar-refractivity contribution in [3.63, 3.8) is 0 Å². The Morgan fingerprint density at radius 1 is 0.952 bits per heavy atom. The van der Waals surface area contributed by atoms with Crippen LogP contribution in [0, 0.1) is 0 Å². The van der Waals surface area contributed by atoms with Crippen molar-refractivity contribution in [1.29, 1.82) is 0 Å². The van der Waals surface area contributed by atoms with Gasteiger partial charge in [0.15, 0.2) is 0 Å². The van der Waals surface area contributed by atoms with Crippen molar-refractivity contribution in [3.8, 4) is 11.5 Å². The van der Waals surface area contributed by atoms with Crippen LogP contribution >= 0.6 is 6.72 Å². The minimum atomic E-state index is -3.62. The molecular formula is C16H18O3PS-. The molecule has 0 saturated heterocycles. The van der Waals surface area contributed by atoms with Crippen molar-refractivity contribution in [2.24, 2.45) is 0 Å². The minimum absolute atomic E-state index is 0.445. The summed E-state index contributed by atoms with van der Waals surface area (Å²) in [5.41, 5.74) is 2.20. The minimum Gasteiger partial charge on any atom is -0.760 e. The highest BCUT2D eigenvalue weighted by Crippen LogP contribution is 2.42. The lowest BCUT2D eigenvalue weighted by Gasteiger charge is -2.29. The van der Waals surface area contributed by atoms with E-state index in [2.05, 4.69) is 6.92 Å². The van der Waals surface area contributed by atoms with Crippen molar-refractivity contribution < 1.29 is 13.9 Å². The van der Waals surface area contributed by atoms with E-state index in [1.165, 1.54) is 5.56 Å². The van der Waals surface area contributed by atoms with Crippen LogP contribution in [0.4, 0.5) is 0 Å². The molecule has 2 aromatic carbocycles. The molecule has 3 nitrogen and oxygen atoms in total. The number of aryl methyl sites for hydroxylation is 1. The molecule has 2 aromatic rings. The van der Waals surface area contributed by atoms with Crippen molar-refractivity contribution in [3.05, 3.63) is 59.7 Å². The Bertz CT molecular complexity index is 643. The summed E-state index contributed by atoms with van der Waals surface area (Å²) in [5, 5.41) is 0. The first-order valence-electron chi connectivity index (χ1n) is 6.91. The first-order valence-corrected chi connectivity index (χ1v) is 9.47. The second-order valence-corrected chi connectivity index (χ2v) is 7.14. The lowest BCUT2D eigenvalue weighted by molar-refractivity contribution is -0.191. The first kappa shape index (κ1) is 16.0. The van der Waals surface area contributed by atoms with Crippen LogP contribution in [0.5, 0.6) is 11.5 Å². The van der Waals surface area contributed by atoms with Gasteiger partial charge in [-0.15, -0.1) is 0 Å². The van der Waals surface area contributed by atoms with E-state index in [1.807, 2.05) is 25.1 Å². The Balaban J connectivity index is 2.22. The second kappa shape index (κ2) is 7.08. The molecule has 0 fully saturated rings. The SMILES string of the molecule is CCc1cccc(OP([O-])(=S)Oc2ccccc2)c1CC. The van der Waals surface area contributed by atoms with E-state index in [-0.39, 0.29) is 0 Å². The average molecular weight is 321 g/mol. The fourth-order valence-corrected chi connectivity index (χ4v) is 3.51. The Kier molecular flexibility index (Phi) is 5.40. The van der Waals surface area contributed by atoms with E-state index in [0.29, 0.717) is 11.5 Å². The molecule has 0 aromatic heterocycles. The van der Waals surface area contributed by atoms with E-state index in [0.717, 1.165) is 18.4 Å². The monoisotopic (exact) mass is 321 g/mol. The lowest BCUT2D eigenvalue weighted by atomic mass is 10.0. The zero-order valence-electron chi connectivity index (χ0n) is 12.1. The number of rotatable bonds is 6. The molecule has 0 aliphatic heterocycles. The van der Waals surface area contributed by atoms with Gasteiger partial charge in [0.1, 0.15) is 11.5 Å².